The monoisotopic (exact) mass is 267 g/mol. The van der Waals surface area contributed by atoms with Crippen LogP contribution in [0, 0.1) is 0 Å². The van der Waals surface area contributed by atoms with E-state index in [9.17, 15) is 0 Å². The number of hydrogen-bond acceptors (Lipinski definition) is 6. The van der Waals surface area contributed by atoms with E-state index in [4.69, 9.17) is 23.5 Å². The summed E-state index contributed by atoms with van der Waals surface area (Å²) >= 11 is 0. The van der Waals surface area contributed by atoms with Crippen LogP contribution in [0.1, 0.15) is 6.42 Å². The van der Waals surface area contributed by atoms with Gasteiger partial charge in [-0.15, -0.1) is 0 Å². The summed E-state index contributed by atoms with van der Waals surface area (Å²) < 4.78 is 16.4. The van der Waals surface area contributed by atoms with Crippen molar-refractivity contribution in [3.05, 3.63) is 0 Å². The fraction of sp³-hybridized carbons (Fsp3) is 1.00. The Hall–Kier alpha value is -0.0231. The molecule has 0 aliphatic heterocycles. The Bertz CT molecular complexity index is 174. The van der Waals surface area contributed by atoms with E-state index < -0.39 is 8.80 Å². The van der Waals surface area contributed by atoms with Crippen molar-refractivity contribution in [2.75, 3.05) is 54.2 Å². The lowest BCUT2D eigenvalue weighted by Gasteiger charge is -2.28. The number of aliphatic hydroxyl groups excluding tert-OH is 2. The van der Waals surface area contributed by atoms with Gasteiger partial charge in [0.15, 0.2) is 0 Å². The van der Waals surface area contributed by atoms with Crippen molar-refractivity contribution in [2.45, 2.75) is 12.5 Å². The summed E-state index contributed by atoms with van der Waals surface area (Å²) in [6.07, 6.45) is 0.893. The first kappa shape index (κ1) is 17.0. The van der Waals surface area contributed by atoms with Crippen molar-refractivity contribution < 1.29 is 23.5 Å². The molecular weight excluding hydrogens is 242 g/mol. The average molecular weight is 267 g/mol. The lowest BCUT2D eigenvalue weighted by Crippen LogP contribution is -2.46. The van der Waals surface area contributed by atoms with E-state index in [1.807, 2.05) is 14.1 Å². The normalized spacial score (nSPS) is 12.4. The fourth-order valence-corrected chi connectivity index (χ4v) is 3.63. The first-order valence-corrected chi connectivity index (χ1v) is 7.73. The molecule has 2 N–H and O–H groups in total. The van der Waals surface area contributed by atoms with Crippen LogP contribution < -0.4 is 0 Å². The van der Waals surface area contributed by atoms with Crippen LogP contribution in [0.2, 0.25) is 6.04 Å². The Kier molecular flexibility index (Phi) is 9.94. The highest BCUT2D eigenvalue weighted by Gasteiger charge is 2.39. The van der Waals surface area contributed by atoms with Gasteiger partial charge in [0.1, 0.15) is 0 Å². The number of aliphatic hydroxyl groups is 2. The topological polar surface area (TPSA) is 71.4 Å². The van der Waals surface area contributed by atoms with Gasteiger partial charge in [-0.2, -0.15) is 0 Å². The molecule has 0 bridgehead atoms. The van der Waals surface area contributed by atoms with Crippen molar-refractivity contribution in [3.8, 4) is 0 Å². The molecule has 0 radical (unpaired) electrons. The van der Waals surface area contributed by atoms with Crippen LogP contribution in [0.15, 0.2) is 0 Å². The first-order chi connectivity index (χ1) is 8.10. The minimum absolute atomic E-state index is 0.0612. The predicted octanol–water partition coefficient (Wildman–Crippen LogP) is -0.459. The molecule has 0 aromatic rings. The largest absolute Gasteiger partial charge is 0.500 e. The Morgan fingerprint density at radius 2 is 1.59 bits per heavy atom. The van der Waals surface area contributed by atoms with Gasteiger partial charge in [-0.05, 0) is 27.1 Å². The molecule has 0 atom stereocenters. The van der Waals surface area contributed by atoms with E-state index in [0.717, 1.165) is 13.0 Å². The van der Waals surface area contributed by atoms with E-state index in [-0.39, 0.29) is 26.4 Å². The summed E-state index contributed by atoms with van der Waals surface area (Å²) in [6, 6.07) is 0.682. The lowest BCUT2D eigenvalue weighted by atomic mass is 10.5. The van der Waals surface area contributed by atoms with Gasteiger partial charge in [0.25, 0.3) is 0 Å². The summed E-state index contributed by atoms with van der Waals surface area (Å²) in [6.45, 7) is 1.20. The van der Waals surface area contributed by atoms with Crippen molar-refractivity contribution in [2.24, 2.45) is 0 Å². The standard InChI is InChI=1S/C10H25NO5Si/c1-11(2)5-4-10-17(14-3,15-8-6-12)16-9-7-13/h12-13H,4-10H2,1-3H3. The zero-order valence-corrected chi connectivity index (χ0v) is 12.0. The maximum Gasteiger partial charge on any atom is 0.500 e. The molecule has 0 rings (SSSR count). The second-order valence-corrected chi connectivity index (χ2v) is 6.79. The van der Waals surface area contributed by atoms with E-state index in [2.05, 4.69) is 4.90 Å². The molecule has 7 heteroatoms. The van der Waals surface area contributed by atoms with Crippen molar-refractivity contribution in [1.82, 2.24) is 4.90 Å². The van der Waals surface area contributed by atoms with E-state index >= 15 is 0 Å². The van der Waals surface area contributed by atoms with Crippen molar-refractivity contribution >= 4 is 8.80 Å². The maximum absolute atomic E-state index is 8.79. The van der Waals surface area contributed by atoms with Gasteiger partial charge < -0.3 is 28.4 Å². The molecule has 104 valence electrons. The minimum Gasteiger partial charge on any atom is -0.394 e. The zero-order valence-electron chi connectivity index (χ0n) is 11.0. The maximum atomic E-state index is 8.79. The highest BCUT2D eigenvalue weighted by Crippen LogP contribution is 2.17. The molecule has 0 spiro atoms. The second-order valence-electron chi connectivity index (χ2n) is 3.94. The molecule has 0 unspecified atom stereocenters. The zero-order chi connectivity index (χ0) is 13.1. The summed E-state index contributed by atoms with van der Waals surface area (Å²) in [5.74, 6) is 0. The lowest BCUT2D eigenvalue weighted by molar-refractivity contribution is 0.0494. The van der Waals surface area contributed by atoms with Crippen LogP contribution in [0.4, 0.5) is 0 Å². The smallest absolute Gasteiger partial charge is 0.394 e. The molecule has 17 heavy (non-hydrogen) atoms. The third-order valence-electron chi connectivity index (χ3n) is 2.23. The molecule has 0 saturated heterocycles. The number of rotatable bonds is 11. The molecule has 0 aliphatic rings. The van der Waals surface area contributed by atoms with Crippen molar-refractivity contribution in [3.63, 3.8) is 0 Å². The van der Waals surface area contributed by atoms with Gasteiger partial charge in [0, 0.05) is 13.2 Å². The molecule has 6 nitrogen and oxygen atoms in total. The molecule has 0 aromatic carbocycles. The first-order valence-electron chi connectivity index (χ1n) is 5.79. The molecule has 0 aromatic heterocycles. The van der Waals surface area contributed by atoms with Gasteiger partial charge in [-0.25, -0.2) is 0 Å². The van der Waals surface area contributed by atoms with Gasteiger partial charge in [-0.1, -0.05) is 0 Å². The number of nitrogens with zero attached hydrogens (tertiary/aromatic N) is 1. The molecule has 0 heterocycles. The van der Waals surface area contributed by atoms with Crippen LogP contribution >= 0.6 is 0 Å². The molecule has 0 saturated carbocycles. The van der Waals surface area contributed by atoms with Crippen LogP contribution in [0.3, 0.4) is 0 Å². The van der Waals surface area contributed by atoms with Crippen LogP contribution in [0.25, 0.3) is 0 Å². The molecular formula is C10H25NO5Si. The van der Waals surface area contributed by atoms with Gasteiger partial charge in [0.05, 0.1) is 26.4 Å². The minimum atomic E-state index is -2.72. The third-order valence-corrected chi connectivity index (χ3v) is 5.10. The fourth-order valence-electron chi connectivity index (χ4n) is 1.42. The average Bonchev–Trinajstić information content (AvgIpc) is 2.32. The highest BCUT2D eigenvalue weighted by molar-refractivity contribution is 6.60. The van der Waals surface area contributed by atoms with E-state index in [1.165, 1.54) is 0 Å². The summed E-state index contributed by atoms with van der Waals surface area (Å²) in [7, 11) is 2.83. The quantitative estimate of drug-likeness (QED) is 0.494. The van der Waals surface area contributed by atoms with Gasteiger partial charge in [-0.3, -0.25) is 0 Å². The Balaban J connectivity index is 4.22. The van der Waals surface area contributed by atoms with E-state index in [0.29, 0.717) is 6.04 Å². The van der Waals surface area contributed by atoms with E-state index in [1.54, 1.807) is 7.11 Å². The molecule has 0 aliphatic carbocycles. The summed E-state index contributed by atoms with van der Waals surface area (Å²) in [4.78, 5) is 2.08. The van der Waals surface area contributed by atoms with Crippen molar-refractivity contribution in [1.29, 1.82) is 0 Å². The Morgan fingerprint density at radius 3 is 1.94 bits per heavy atom. The predicted molar refractivity (Wildman–Crippen MR) is 66.8 cm³/mol. The SMILES string of the molecule is CO[Si](CCCN(C)C)(OCCO)OCCO. The van der Waals surface area contributed by atoms with Gasteiger partial charge >= 0.3 is 8.80 Å². The molecule has 0 fully saturated rings. The third kappa shape index (κ3) is 7.82. The van der Waals surface area contributed by atoms with Crippen LogP contribution in [-0.4, -0.2) is 78.1 Å². The van der Waals surface area contributed by atoms with Crippen LogP contribution in [0.5, 0.6) is 0 Å². The Labute approximate surface area is 104 Å². The summed E-state index contributed by atoms with van der Waals surface area (Å²) in [5.41, 5.74) is 0. The highest BCUT2D eigenvalue weighted by atomic mass is 28.4. The Morgan fingerprint density at radius 1 is 1.06 bits per heavy atom. The second kappa shape index (κ2) is 9.95. The summed E-state index contributed by atoms with van der Waals surface area (Å²) in [5, 5.41) is 17.6. The van der Waals surface area contributed by atoms with Gasteiger partial charge in [0.2, 0.25) is 0 Å². The molecule has 0 amide bonds. The van der Waals surface area contributed by atoms with Crippen LogP contribution in [-0.2, 0) is 13.3 Å². The number of hydrogen-bond donors (Lipinski definition) is 2.